The van der Waals surface area contributed by atoms with Gasteiger partial charge in [0.25, 0.3) is 0 Å². The van der Waals surface area contributed by atoms with E-state index in [1.54, 1.807) is 4.68 Å². The van der Waals surface area contributed by atoms with E-state index in [1.807, 2.05) is 6.92 Å². The Morgan fingerprint density at radius 2 is 2.25 bits per heavy atom. The normalized spacial score (nSPS) is 10.6. The van der Waals surface area contributed by atoms with Crippen molar-refractivity contribution in [3.8, 4) is 5.75 Å². The Bertz CT molecular complexity index is 640. The Morgan fingerprint density at radius 1 is 1.50 bits per heavy atom. The summed E-state index contributed by atoms with van der Waals surface area (Å²) in [5, 5.41) is 4.15. The lowest BCUT2D eigenvalue weighted by atomic mass is 10.1. The topological polar surface area (TPSA) is 44.1 Å². The van der Waals surface area contributed by atoms with Gasteiger partial charge in [0.1, 0.15) is 5.82 Å². The van der Waals surface area contributed by atoms with Crippen molar-refractivity contribution in [1.29, 1.82) is 0 Å². The number of benzene rings is 1. The molecule has 2 aromatic rings. The van der Waals surface area contributed by atoms with Crippen LogP contribution in [0.4, 0.5) is 4.39 Å². The first-order valence-corrected chi connectivity index (χ1v) is 6.97. The van der Waals surface area contributed by atoms with E-state index in [1.165, 1.54) is 31.5 Å². The highest BCUT2D eigenvalue weighted by Gasteiger charge is 2.21. The van der Waals surface area contributed by atoms with Crippen LogP contribution in [0.15, 0.2) is 28.9 Å². The molecule has 0 radical (unpaired) electrons. The highest BCUT2D eigenvalue weighted by atomic mass is 79.9. The van der Waals surface area contributed by atoms with Crippen LogP contribution in [0.3, 0.4) is 0 Å². The van der Waals surface area contributed by atoms with Crippen LogP contribution in [0.2, 0.25) is 0 Å². The van der Waals surface area contributed by atoms with Crippen LogP contribution in [0.5, 0.6) is 5.75 Å². The smallest absolute Gasteiger partial charge is 0.214 e. The number of ketones is 1. The van der Waals surface area contributed by atoms with E-state index in [9.17, 15) is 9.18 Å². The minimum Gasteiger partial charge on any atom is -0.493 e. The highest BCUT2D eigenvalue weighted by Crippen LogP contribution is 2.24. The highest BCUT2D eigenvalue weighted by molar-refractivity contribution is 9.10. The van der Waals surface area contributed by atoms with Gasteiger partial charge in [0.2, 0.25) is 5.78 Å². The van der Waals surface area contributed by atoms with Crippen molar-refractivity contribution in [3.63, 3.8) is 0 Å². The summed E-state index contributed by atoms with van der Waals surface area (Å²) in [6.45, 7) is 2.61. The van der Waals surface area contributed by atoms with Crippen molar-refractivity contribution in [1.82, 2.24) is 9.78 Å². The maximum Gasteiger partial charge on any atom is 0.214 e. The van der Waals surface area contributed by atoms with Crippen LogP contribution >= 0.6 is 15.9 Å². The molecule has 1 heterocycles. The third-order valence-corrected chi connectivity index (χ3v) is 3.47. The molecule has 0 amide bonds. The molecule has 106 valence electrons. The van der Waals surface area contributed by atoms with Gasteiger partial charge in [-0.05, 0) is 40.5 Å². The molecule has 0 bridgehead atoms. The largest absolute Gasteiger partial charge is 0.493 e. The third kappa shape index (κ3) is 2.75. The summed E-state index contributed by atoms with van der Waals surface area (Å²) in [6.07, 6.45) is 2.36. The maximum absolute atomic E-state index is 13.2. The van der Waals surface area contributed by atoms with Crippen LogP contribution in [0, 0.1) is 5.82 Å². The molecule has 0 unspecified atom stereocenters. The predicted octanol–water partition coefficient (Wildman–Crippen LogP) is 3.43. The molecule has 0 fully saturated rings. The van der Waals surface area contributed by atoms with Gasteiger partial charge < -0.3 is 4.74 Å². The van der Waals surface area contributed by atoms with Gasteiger partial charge in [-0.15, -0.1) is 0 Å². The van der Waals surface area contributed by atoms with E-state index >= 15 is 0 Å². The molecule has 4 nitrogen and oxygen atoms in total. The van der Waals surface area contributed by atoms with E-state index in [2.05, 4.69) is 21.0 Å². The molecular weight excluding hydrogens is 327 g/mol. The molecular formula is C14H14BrFN2O2. The van der Waals surface area contributed by atoms with Gasteiger partial charge in [-0.25, -0.2) is 4.39 Å². The van der Waals surface area contributed by atoms with Crippen molar-refractivity contribution in [2.24, 2.45) is 0 Å². The van der Waals surface area contributed by atoms with Crippen LogP contribution in [0.25, 0.3) is 0 Å². The standard InChI is InChI=1S/C14H14BrFN2O2/c1-3-6-18-13(12(20-2)8-17-18)14(19)9-4-5-11(16)10(15)7-9/h4-5,7-8H,3,6H2,1-2H3. The second-order valence-electron chi connectivity index (χ2n) is 4.24. The summed E-state index contributed by atoms with van der Waals surface area (Å²) in [6, 6.07) is 4.16. The molecule has 0 aliphatic carbocycles. The van der Waals surface area contributed by atoms with Gasteiger partial charge in [-0.3, -0.25) is 9.48 Å². The van der Waals surface area contributed by atoms with Crippen molar-refractivity contribution < 1.29 is 13.9 Å². The lowest BCUT2D eigenvalue weighted by Gasteiger charge is -2.08. The molecule has 0 aliphatic rings. The first-order chi connectivity index (χ1) is 9.58. The fraction of sp³-hybridized carbons (Fsp3) is 0.286. The van der Waals surface area contributed by atoms with E-state index in [4.69, 9.17) is 4.74 Å². The average molecular weight is 341 g/mol. The second kappa shape index (κ2) is 6.17. The Labute approximate surface area is 124 Å². The van der Waals surface area contributed by atoms with Gasteiger partial charge in [0.15, 0.2) is 11.4 Å². The zero-order chi connectivity index (χ0) is 14.7. The summed E-state index contributed by atoms with van der Waals surface area (Å²) >= 11 is 3.08. The lowest BCUT2D eigenvalue weighted by Crippen LogP contribution is -2.12. The predicted molar refractivity (Wildman–Crippen MR) is 76.6 cm³/mol. The lowest BCUT2D eigenvalue weighted by molar-refractivity contribution is 0.102. The number of hydrogen-bond acceptors (Lipinski definition) is 3. The Morgan fingerprint density at radius 3 is 2.85 bits per heavy atom. The van der Waals surface area contributed by atoms with Gasteiger partial charge in [0, 0.05) is 12.1 Å². The fourth-order valence-corrected chi connectivity index (χ4v) is 2.28. The number of hydrogen-bond donors (Lipinski definition) is 0. The first-order valence-electron chi connectivity index (χ1n) is 6.18. The Kier molecular flexibility index (Phi) is 4.54. The van der Waals surface area contributed by atoms with Crippen LogP contribution in [-0.2, 0) is 6.54 Å². The fourth-order valence-electron chi connectivity index (χ4n) is 1.90. The van der Waals surface area contributed by atoms with Gasteiger partial charge >= 0.3 is 0 Å². The van der Waals surface area contributed by atoms with Crippen LogP contribution in [-0.4, -0.2) is 22.7 Å². The van der Waals surface area contributed by atoms with E-state index < -0.39 is 5.82 Å². The quantitative estimate of drug-likeness (QED) is 0.783. The van der Waals surface area contributed by atoms with Gasteiger partial charge in [-0.1, -0.05) is 6.92 Å². The number of aromatic nitrogens is 2. The number of halogens is 2. The number of rotatable bonds is 5. The van der Waals surface area contributed by atoms with Crippen molar-refractivity contribution >= 4 is 21.7 Å². The summed E-state index contributed by atoms with van der Waals surface area (Å²) in [4.78, 5) is 12.6. The summed E-state index contributed by atoms with van der Waals surface area (Å²) in [7, 11) is 1.49. The number of ether oxygens (including phenoxy) is 1. The van der Waals surface area contributed by atoms with Crippen molar-refractivity contribution in [2.75, 3.05) is 7.11 Å². The zero-order valence-corrected chi connectivity index (χ0v) is 12.8. The molecule has 0 saturated heterocycles. The van der Waals surface area contributed by atoms with Crippen LogP contribution < -0.4 is 4.74 Å². The number of nitrogens with zero attached hydrogens (tertiary/aromatic N) is 2. The van der Waals surface area contributed by atoms with Crippen molar-refractivity contribution in [3.05, 3.63) is 45.9 Å². The van der Waals surface area contributed by atoms with Gasteiger partial charge in [-0.2, -0.15) is 5.10 Å². The first kappa shape index (κ1) is 14.7. The van der Waals surface area contributed by atoms with E-state index in [-0.39, 0.29) is 10.3 Å². The van der Waals surface area contributed by atoms with Crippen molar-refractivity contribution in [2.45, 2.75) is 19.9 Å². The Balaban J connectivity index is 2.46. The number of carbonyl (C=O) groups is 1. The molecule has 0 aliphatic heterocycles. The molecule has 20 heavy (non-hydrogen) atoms. The zero-order valence-electron chi connectivity index (χ0n) is 11.2. The minimum atomic E-state index is -0.407. The maximum atomic E-state index is 13.2. The number of methoxy groups -OCH3 is 1. The SMILES string of the molecule is CCCn1ncc(OC)c1C(=O)c1ccc(F)c(Br)c1. The molecule has 6 heteroatoms. The number of aryl methyl sites for hydroxylation is 1. The monoisotopic (exact) mass is 340 g/mol. The molecule has 2 rings (SSSR count). The Hall–Kier alpha value is -1.69. The third-order valence-electron chi connectivity index (χ3n) is 2.86. The summed E-state index contributed by atoms with van der Waals surface area (Å²) in [5.41, 5.74) is 0.766. The molecule has 0 spiro atoms. The molecule has 1 aromatic carbocycles. The van der Waals surface area contributed by atoms with E-state index in [0.29, 0.717) is 23.6 Å². The number of carbonyl (C=O) groups excluding carboxylic acids is 1. The minimum absolute atomic E-state index is 0.242. The summed E-state index contributed by atoms with van der Waals surface area (Å²) in [5.74, 6) is -0.229. The van der Waals surface area contributed by atoms with Gasteiger partial charge in [0.05, 0.1) is 17.8 Å². The van der Waals surface area contributed by atoms with Crippen LogP contribution in [0.1, 0.15) is 29.4 Å². The van der Waals surface area contributed by atoms with E-state index in [0.717, 1.165) is 6.42 Å². The molecule has 1 aromatic heterocycles. The molecule has 0 saturated carbocycles. The second-order valence-corrected chi connectivity index (χ2v) is 5.10. The average Bonchev–Trinajstić information content (AvgIpc) is 2.84. The molecule has 0 atom stereocenters. The molecule has 0 N–H and O–H groups in total. The summed E-state index contributed by atoms with van der Waals surface area (Å²) < 4.78 is 20.3.